The predicted molar refractivity (Wildman–Crippen MR) is 120 cm³/mol. The molecular weight excluding hydrogens is 445 g/mol. The maximum Gasteiger partial charge on any atom is 0.194 e. The zero-order chi connectivity index (χ0) is 17.4. The molecule has 1 aliphatic heterocycles. The first kappa shape index (κ1) is 22.7. The average Bonchev–Trinajstić information content (AvgIpc) is 3.03. The Morgan fingerprint density at radius 3 is 2.52 bits per heavy atom. The van der Waals surface area contributed by atoms with E-state index in [1.807, 2.05) is 11.3 Å². The van der Waals surface area contributed by atoms with E-state index in [0.717, 1.165) is 58.3 Å². The van der Waals surface area contributed by atoms with Crippen LogP contribution in [0.15, 0.2) is 22.5 Å². The summed E-state index contributed by atoms with van der Waals surface area (Å²) in [6.45, 7) is 16.7. The lowest BCUT2D eigenvalue weighted by Crippen LogP contribution is -2.52. The van der Waals surface area contributed by atoms with Gasteiger partial charge >= 0.3 is 0 Å². The summed E-state index contributed by atoms with van der Waals surface area (Å²) in [6, 6.07) is 4.36. The van der Waals surface area contributed by atoms with Crippen molar-refractivity contribution in [2.24, 2.45) is 4.99 Å². The molecule has 0 bridgehead atoms. The van der Waals surface area contributed by atoms with Gasteiger partial charge in [0.05, 0.1) is 6.54 Å². The first-order valence-electron chi connectivity index (χ1n) is 9.01. The zero-order valence-corrected chi connectivity index (χ0v) is 19.2. The van der Waals surface area contributed by atoms with Crippen LogP contribution in [0, 0.1) is 0 Å². The molecule has 0 spiro atoms. The summed E-state index contributed by atoms with van der Waals surface area (Å²) in [7, 11) is 0. The fourth-order valence-corrected chi connectivity index (χ4v) is 3.51. The summed E-state index contributed by atoms with van der Waals surface area (Å²) in [5.74, 6) is 1.06. The molecule has 1 aliphatic rings. The topological polar surface area (TPSA) is 42.9 Å². The molecule has 0 amide bonds. The standard InChI is InChI=1S/C18H33N5S.HI/c1-5-19-17(20-8-9-21-18(2,3)4)23-12-10-22(11-13-23)15-16-7-6-14-24-16;/h6-7,14,21H,5,8-13,15H2,1-4H3,(H,19,20);1H. The minimum Gasteiger partial charge on any atom is -0.357 e. The second-order valence-corrected chi connectivity index (χ2v) is 8.29. The average molecular weight is 479 g/mol. The fourth-order valence-electron chi connectivity index (χ4n) is 2.76. The van der Waals surface area contributed by atoms with E-state index in [4.69, 9.17) is 4.99 Å². The van der Waals surface area contributed by atoms with Crippen LogP contribution >= 0.6 is 35.3 Å². The smallest absolute Gasteiger partial charge is 0.194 e. The largest absolute Gasteiger partial charge is 0.357 e. The van der Waals surface area contributed by atoms with Gasteiger partial charge in [0.25, 0.3) is 0 Å². The van der Waals surface area contributed by atoms with Gasteiger partial charge in [0.1, 0.15) is 0 Å². The number of nitrogens with one attached hydrogen (secondary N) is 2. The first-order chi connectivity index (χ1) is 11.5. The van der Waals surface area contributed by atoms with Crippen LogP contribution in [-0.2, 0) is 6.54 Å². The van der Waals surface area contributed by atoms with Crippen molar-refractivity contribution >= 4 is 41.3 Å². The number of nitrogens with zero attached hydrogens (tertiary/aromatic N) is 3. The summed E-state index contributed by atoms with van der Waals surface area (Å²) in [5, 5.41) is 9.10. The van der Waals surface area contributed by atoms with Crippen LogP contribution < -0.4 is 10.6 Å². The first-order valence-corrected chi connectivity index (χ1v) is 9.89. The molecule has 2 rings (SSSR count). The van der Waals surface area contributed by atoms with E-state index < -0.39 is 0 Å². The van der Waals surface area contributed by atoms with Crippen molar-refractivity contribution in [3.8, 4) is 0 Å². The number of aliphatic imine (C=N–C) groups is 1. The van der Waals surface area contributed by atoms with Gasteiger partial charge < -0.3 is 15.5 Å². The molecule has 0 aliphatic carbocycles. The number of rotatable bonds is 6. The van der Waals surface area contributed by atoms with E-state index in [9.17, 15) is 0 Å². The number of hydrogen-bond acceptors (Lipinski definition) is 4. The summed E-state index contributed by atoms with van der Waals surface area (Å²) in [6.07, 6.45) is 0. The Morgan fingerprint density at radius 2 is 1.96 bits per heavy atom. The van der Waals surface area contributed by atoms with Crippen LogP contribution in [0.25, 0.3) is 0 Å². The Balaban J connectivity index is 0.00000312. The molecule has 0 radical (unpaired) electrons. The van der Waals surface area contributed by atoms with Gasteiger partial charge in [-0.25, -0.2) is 0 Å². The zero-order valence-electron chi connectivity index (χ0n) is 16.0. The van der Waals surface area contributed by atoms with Crippen molar-refractivity contribution in [1.82, 2.24) is 20.4 Å². The normalized spacial score (nSPS) is 16.6. The highest BCUT2D eigenvalue weighted by Gasteiger charge is 2.19. The van der Waals surface area contributed by atoms with Crippen LogP contribution in [0.2, 0.25) is 0 Å². The number of guanidine groups is 1. The van der Waals surface area contributed by atoms with E-state index in [0.29, 0.717) is 0 Å². The molecule has 1 aromatic heterocycles. The van der Waals surface area contributed by atoms with Gasteiger partial charge in [0.15, 0.2) is 5.96 Å². The third-order valence-corrected chi connectivity index (χ3v) is 4.86. The number of hydrogen-bond donors (Lipinski definition) is 2. The third-order valence-electron chi connectivity index (χ3n) is 3.99. The minimum atomic E-state index is 0. The van der Waals surface area contributed by atoms with E-state index >= 15 is 0 Å². The Hall–Kier alpha value is -0.380. The van der Waals surface area contributed by atoms with Crippen molar-refractivity contribution in [3.63, 3.8) is 0 Å². The molecule has 2 heterocycles. The molecular formula is C18H34IN5S. The van der Waals surface area contributed by atoms with Crippen molar-refractivity contribution < 1.29 is 0 Å². The van der Waals surface area contributed by atoms with Crippen LogP contribution in [-0.4, -0.2) is 67.1 Å². The van der Waals surface area contributed by atoms with Gasteiger partial charge in [0.2, 0.25) is 0 Å². The Morgan fingerprint density at radius 1 is 1.24 bits per heavy atom. The summed E-state index contributed by atoms with van der Waals surface area (Å²) in [5.41, 5.74) is 0.154. The van der Waals surface area contributed by atoms with Gasteiger partial charge in [-0.3, -0.25) is 9.89 Å². The predicted octanol–water partition coefficient (Wildman–Crippen LogP) is 2.84. The molecule has 0 atom stereocenters. The fraction of sp³-hybridized carbons (Fsp3) is 0.722. The van der Waals surface area contributed by atoms with E-state index in [-0.39, 0.29) is 29.5 Å². The summed E-state index contributed by atoms with van der Waals surface area (Å²) in [4.78, 5) is 11.2. The van der Waals surface area contributed by atoms with Crippen molar-refractivity contribution in [3.05, 3.63) is 22.4 Å². The summed E-state index contributed by atoms with van der Waals surface area (Å²) >= 11 is 1.85. The number of piperazine rings is 1. The lowest BCUT2D eigenvalue weighted by Gasteiger charge is -2.36. The molecule has 7 heteroatoms. The Labute approximate surface area is 174 Å². The van der Waals surface area contributed by atoms with Gasteiger partial charge in [0, 0.05) is 56.2 Å². The molecule has 144 valence electrons. The van der Waals surface area contributed by atoms with Crippen molar-refractivity contribution in [1.29, 1.82) is 0 Å². The Bertz CT molecular complexity index is 490. The molecule has 2 N–H and O–H groups in total. The Kier molecular flexibility index (Phi) is 10.3. The van der Waals surface area contributed by atoms with Crippen molar-refractivity contribution in [2.75, 3.05) is 45.8 Å². The monoisotopic (exact) mass is 479 g/mol. The molecule has 0 unspecified atom stereocenters. The van der Waals surface area contributed by atoms with E-state index in [2.05, 4.69) is 65.6 Å². The second kappa shape index (κ2) is 11.4. The highest BCUT2D eigenvalue weighted by atomic mass is 127. The second-order valence-electron chi connectivity index (χ2n) is 7.25. The maximum absolute atomic E-state index is 4.79. The molecule has 1 saturated heterocycles. The van der Waals surface area contributed by atoms with Crippen LogP contribution in [0.1, 0.15) is 32.6 Å². The lowest BCUT2D eigenvalue weighted by atomic mass is 10.1. The third kappa shape index (κ3) is 8.70. The molecule has 25 heavy (non-hydrogen) atoms. The van der Waals surface area contributed by atoms with Gasteiger partial charge in [-0.15, -0.1) is 35.3 Å². The molecule has 1 fully saturated rings. The van der Waals surface area contributed by atoms with E-state index in [1.54, 1.807) is 0 Å². The van der Waals surface area contributed by atoms with E-state index in [1.165, 1.54) is 4.88 Å². The number of thiophene rings is 1. The van der Waals surface area contributed by atoms with Gasteiger partial charge in [-0.2, -0.15) is 0 Å². The molecule has 0 aromatic carbocycles. The van der Waals surface area contributed by atoms with Crippen LogP contribution in [0.4, 0.5) is 0 Å². The SMILES string of the molecule is CCNC(=NCCNC(C)(C)C)N1CCN(Cc2cccs2)CC1.I. The molecule has 0 saturated carbocycles. The molecule has 1 aromatic rings. The van der Waals surface area contributed by atoms with Gasteiger partial charge in [-0.05, 0) is 39.1 Å². The van der Waals surface area contributed by atoms with Crippen molar-refractivity contribution in [2.45, 2.75) is 39.8 Å². The molecule has 5 nitrogen and oxygen atoms in total. The minimum absolute atomic E-state index is 0. The number of halogens is 1. The summed E-state index contributed by atoms with van der Waals surface area (Å²) < 4.78 is 0. The highest BCUT2D eigenvalue weighted by Crippen LogP contribution is 2.13. The van der Waals surface area contributed by atoms with Gasteiger partial charge in [-0.1, -0.05) is 6.07 Å². The quantitative estimate of drug-likeness (QED) is 0.285. The highest BCUT2D eigenvalue weighted by molar-refractivity contribution is 14.0. The lowest BCUT2D eigenvalue weighted by molar-refractivity contribution is 0.173. The van der Waals surface area contributed by atoms with Crippen LogP contribution in [0.3, 0.4) is 0 Å². The maximum atomic E-state index is 4.79. The van der Waals surface area contributed by atoms with Crippen LogP contribution in [0.5, 0.6) is 0 Å².